The zero-order valence-electron chi connectivity index (χ0n) is 10.9. The molecule has 102 valence electrons. The van der Waals surface area contributed by atoms with Gasteiger partial charge in [0.2, 0.25) is 11.8 Å². The van der Waals surface area contributed by atoms with E-state index in [9.17, 15) is 14.4 Å². The summed E-state index contributed by atoms with van der Waals surface area (Å²) >= 11 is 0. The molecule has 0 aliphatic rings. The maximum absolute atomic E-state index is 11.8. The van der Waals surface area contributed by atoms with Gasteiger partial charge in [-0.15, -0.1) is 0 Å². The van der Waals surface area contributed by atoms with Crippen LogP contribution >= 0.6 is 0 Å². The Morgan fingerprint density at radius 2 is 1.79 bits per heavy atom. The second-order valence-corrected chi connectivity index (χ2v) is 4.10. The second-order valence-electron chi connectivity index (χ2n) is 4.10. The van der Waals surface area contributed by atoms with Gasteiger partial charge in [-0.25, -0.2) is 0 Å². The molecule has 6 heteroatoms. The van der Waals surface area contributed by atoms with E-state index in [4.69, 9.17) is 5.73 Å². The molecule has 0 aliphatic heterocycles. The highest BCUT2D eigenvalue weighted by molar-refractivity contribution is 5.98. The minimum absolute atomic E-state index is 0.183. The van der Waals surface area contributed by atoms with Crippen LogP contribution in [0.15, 0.2) is 24.3 Å². The Kier molecular flexibility index (Phi) is 5.05. The summed E-state index contributed by atoms with van der Waals surface area (Å²) in [5.74, 6) is -1.12. The number of carbonyl (C=O) groups excluding carboxylic acids is 3. The molecule has 1 atom stereocenters. The molecular formula is C13H17N3O3. The second kappa shape index (κ2) is 6.53. The van der Waals surface area contributed by atoms with Crippen molar-refractivity contribution in [3.05, 3.63) is 29.8 Å². The molecule has 6 nitrogen and oxygen atoms in total. The summed E-state index contributed by atoms with van der Waals surface area (Å²) in [6, 6.07) is 5.67. The van der Waals surface area contributed by atoms with E-state index in [-0.39, 0.29) is 11.8 Å². The van der Waals surface area contributed by atoms with Crippen molar-refractivity contribution in [2.24, 2.45) is 5.73 Å². The van der Waals surface area contributed by atoms with Gasteiger partial charge in [-0.3, -0.25) is 14.4 Å². The van der Waals surface area contributed by atoms with Gasteiger partial charge in [-0.05, 0) is 30.7 Å². The molecule has 0 heterocycles. The molecule has 0 radical (unpaired) electrons. The molecule has 0 bridgehead atoms. The van der Waals surface area contributed by atoms with Crippen molar-refractivity contribution in [1.29, 1.82) is 0 Å². The van der Waals surface area contributed by atoms with E-state index in [1.165, 1.54) is 6.92 Å². The largest absolute Gasteiger partial charge is 0.368 e. The predicted molar refractivity (Wildman–Crippen MR) is 71.5 cm³/mol. The number of primary amides is 1. The lowest BCUT2D eigenvalue weighted by atomic mass is 10.1. The van der Waals surface area contributed by atoms with Crippen molar-refractivity contribution in [3.63, 3.8) is 0 Å². The first-order chi connectivity index (χ1) is 8.93. The van der Waals surface area contributed by atoms with Gasteiger partial charge in [0.1, 0.15) is 6.04 Å². The topological polar surface area (TPSA) is 101 Å². The predicted octanol–water partition coefficient (Wildman–Crippen LogP) is 0.639. The lowest BCUT2D eigenvalue weighted by Gasteiger charge is -2.13. The van der Waals surface area contributed by atoms with E-state index in [2.05, 4.69) is 10.6 Å². The summed E-state index contributed by atoms with van der Waals surface area (Å²) < 4.78 is 0. The third-order valence-corrected chi connectivity index (χ3v) is 2.52. The summed E-state index contributed by atoms with van der Waals surface area (Å²) in [5, 5.41) is 5.14. The fourth-order valence-corrected chi connectivity index (χ4v) is 1.52. The van der Waals surface area contributed by atoms with Crippen LogP contribution in [-0.4, -0.2) is 23.8 Å². The molecular weight excluding hydrogens is 246 g/mol. The highest BCUT2D eigenvalue weighted by Crippen LogP contribution is 2.09. The van der Waals surface area contributed by atoms with E-state index in [1.807, 2.05) is 0 Å². The van der Waals surface area contributed by atoms with Gasteiger partial charge in [0.05, 0.1) is 0 Å². The van der Waals surface area contributed by atoms with Crippen LogP contribution in [0.5, 0.6) is 0 Å². The van der Waals surface area contributed by atoms with Gasteiger partial charge in [-0.1, -0.05) is 6.92 Å². The van der Waals surface area contributed by atoms with Crippen LogP contribution in [0.4, 0.5) is 5.69 Å². The summed E-state index contributed by atoms with van der Waals surface area (Å²) in [6.45, 7) is 3.16. The minimum Gasteiger partial charge on any atom is -0.368 e. The average molecular weight is 263 g/mol. The molecule has 0 fully saturated rings. The monoisotopic (exact) mass is 263 g/mol. The first-order valence-corrected chi connectivity index (χ1v) is 5.92. The fourth-order valence-electron chi connectivity index (χ4n) is 1.52. The zero-order valence-corrected chi connectivity index (χ0v) is 10.9. The molecule has 0 saturated heterocycles. The van der Waals surface area contributed by atoms with Crippen molar-refractivity contribution in [2.75, 3.05) is 5.32 Å². The number of benzene rings is 1. The Morgan fingerprint density at radius 3 is 2.21 bits per heavy atom. The number of rotatable bonds is 5. The Hall–Kier alpha value is -2.37. The van der Waals surface area contributed by atoms with Crippen molar-refractivity contribution in [2.45, 2.75) is 26.3 Å². The Morgan fingerprint density at radius 1 is 1.21 bits per heavy atom. The SMILES string of the molecule is CC[C@@H](NC(=O)c1ccc(NC(C)=O)cc1)C(N)=O. The van der Waals surface area contributed by atoms with E-state index < -0.39 is 11.9 Å². The molecule has 3 amide bonds. The van der Waals surface area contributed by atoms with Crippen molar-refractivity contribution < 1.29 is 14.4 Å². The standard InChI is InChI=1S/C13H17N3O3/c1-3-11(12(14)18)16-13(19)9-4-6-10(7-5-9)15-8(2)17/h4-7,11H,3H2,1-2H3,(H2,14,18)(H,15,17)(H,16,19)/t11-/m1/s1. The van der Waals surface area contributed by atoms with Gasteiger partial charge < -0.3 is 16.4 Å². The number of nitrogens with two attached hydrogens (primary N) is 1. The minimum atomic E-state index is -0.678. The molecule has 0 aliphatic carbocycles. The Labute approximate surface area is 111 Å². The maximum Gasteiger partial charge on any atom is 0.251 e. The summed E-state index contributed by atoms with van der Waals surface area (Å²) in [7, 11) is 0. The van der Waals surface area contributed by atoms with Crippen LogP contribution in [0.3, 0.4) is 0 Å². The number of amides is 3. The highest BCUT2D eigenvalue weighted by Gasteiger charge is 2.16. The number of hydrogen-bond acceptors (Lipinski definition) is 3. The summed E-state index contributed by atoms with van der Waals surface area (Å²) in [4.78, 5) is 33.7. The molecule has 0 spiro atoms. The van der Waals surface area contributed by atoms with Crippen LogP contribution in [-0.2, 0) is 9.59 Å². The average Bonchev–Trinajstić information content (AvgIpc) is 2.35. The highest BCUT2D eigenvalue weighted by atomic mass is 16.2. The Balaban J connectivity index is 2.72. The van der Waals surface area contributed by atoms with Gasteiger partial charge in [0.15, 0.2) is 0 Å². The fraction of sp³-hybridized carbons (Fsp3) is 0.308. The van der Waals surface area contributed by atoms with Crippen molar-refractivity contribution >= 4 is 23.4 Å². The van der Waals surface area contributed by atoms with Crippen LogP contribution < -0.4 is 16.4 Å². The van der Waals surface area contributed by atoms with Gasteiger partial charge in [0.25, 0.3) is 5.91 Å². The molecule has 4 N–H and O–H groups in total. The van der Waals surface area contributed by atoms with Crippen molar-refractivity contribution in [1.82, 2.24) is 5.32 Å². The van der Waals surface area contributed by atoms with Gasteiger partial charge in [0, 0.05) is 18.2 Å². The van der Waals surface area contributed by atoms with Gasteiger partial charge in [-0.2, -0.15) is 0 Å². The third-order valence-electron chi connectivity index (χ3n) is 2.52. The molecule has 1 aromatic rings. The molecule has 1 rings (SSSR count). The summed E-state index contributed by atoms with van der Waals surface area (Å²) in [5.41, 5.74) is 6.15. The smallest absolute Gasteiger partial charge is 0.251 e. The quantitative estimate of drug-likeness (QED) is 0.726. The number of nitrogens with one attached hydrogen (secondary N) is 2. The van der Waals surface area contributed by atoms with E-state index in [0.717, 1.165) is 0 Å². The van der Waals surface area contributed by atoms with E-state index in [0.29, 0.717) is 17.7 Å². The maximum atomic E-state index is 11.8. The first-order valence-electron chi connectivity index (χ1n) is 5.92. The molecule has 19 heavy (non-hydrogen) atoms. The number of anilines is 1. The van der Waals surface area contributed by atoms with Crippen LogP contribution in [0.25, 0.3) is 0 Å². The lowest BCUT2D eigenvalue weighted by molar-refractivity contribution is -0.120. The number of hydrogen-bond donors (Lipinski definition) is 3. The normalized spacial score (nSPS) is 11.5. The first kappa shape index (κ1) is 14.7. The third kappa shape index (κ3) is 4.42. The van der Waals surface area contributed by atoms with Crippen molar-refractivity contribution in [3.8, 4) is 0 Å². The summed E-state index contributed by atoms with van der Waals surface area (Å²) in [6.07, 6.45) is 0.436. The van der Waals surface area contributed by atoms with Crippen LogP contribution in [0.2, 0.25) is 0 Å². The van der Waals surface area contributed by atoms with Gasteiger partial charge >= 0.3 is 0 Å². The Bertz CT molecular complexity index is 482. The van der Waals surface area contributed by atoms with Crippen LogP contribution in [0.1, 0.15) is 30.6 Å². The molecule has 0 saturated carbocycles. The number of carbonyl (C=O) groups is 3. The van der Waals surface area contributed by atoms with Crippen LogP contribution in [0, 0.1) is 0 Å². The van der Waals surface area contributed by atoms with E-state index in [1.54, 1.807) is 31.2 Å². The van der Waals surface area contributed by atoms with E-state index >= 15 is 0 Å². The zero-order chi connectivity index (χ0) is 14.4. The molecule has 0 aromatic heterocycles. The molecule has 1 aromatic carbocycles. The lowest BCUT2D eigenvalue weighted by Crippen LogP contribution is -2.43. The molecule has 0 unspecified atom stereocenters.